The van der Waals surface area contributed by atoms with Crippen molar-refractivity contribution in [1.82, 2.24) is 10.3 Å². The second-order valence-corrected chi connectivity index (χ2v) is 4.83. The molecule has 0 bridgehead atoms. The monoisotopic (exact) mass is 272 g/mol. The van der Waals surface area contributed by atoms with E-state index in [9.17, 15) is 5.11 Å². The van der Waals surface area contributed by atoms with Gasteiger partial charge < -0.3 is 15.5 Å². The van der Waals surface area contributed by atoms with Gasteiger partial charge in [0.2, 0.25) is 0 Å². The summed E-state index contributed by atoms with van der Waals surface area (Å²) in [6.07, 6.45) is 2.79. The van der Waals surface area contributed by atoms with E-state index in [0.717, 1.165) is 16.7 Å². The van der Waals surface area contributed by atoms with Crippen molar-refractivity contribution in [3.63, 3.8) is 0 Å². The molecule has 4 nitrogen and oxygen atoms in total. The highest BCUT2D eigenvalue weighted by Gasteiger charge is 2.10. The summed E-state index contributed by atoms with van der Waals surface area (Å²) in [5, 5.41) is 22.5. The number of benzene rings is 1. The number of aliphatic hydroxyl groups excluding tert-OH is 2. The normalized spacial score (nSPS) is 13.9. The summed E-state index contributed by atoms with van der Waals surface area (Å²) in [4.78, 5) is 3.93. The highest BCUT2D eigenvalue weighted by atomic mass is 16.3. The lowest BCUT2D eigenvalue weighted by Gasteiger charge is -2.18. The molecule has 106 valence electrons. The molecule has 2 rings (SSSR count). The molecular formula is C16H20N2O2. The average molecular weight is 272 g/mol. The van der Waals surface area contributed by atoms with Crippen LogP contribution < -0.4 is 5.32 Å². The highest BCUT2D eigenvalue weighted by molar-refractivity contribution is 5.25. The van der Waals surface area contributed by atoms with Gasteiger partial charge in [-0.3, -0.25) is 4.98 Å². The molecule has 0 aliphatic carbocycles. The number of hydrogen-bond acceptors (Lipinski definition) is 4. The Kier molecular flexibility index (Phi) is 5.24. The van der Waals surface area contributed by atoms with E-state index in [1.807, 2.05) is 43.3 Å². The molecule has 1 heterocycles. The Hall–Kier alpha value is -1.75. The van der Waals surface area contributed by atoms with Crippen LogP contribution in [-0.4, -0.2) is 21.7 Å². The number of hydrogen-bond donors (Lipinski definition) is 3. The standard InChI is InChI=1S/C16H20N2O2/c1-12(15-4-2-3-13(9-15)11-19)18-10-16(20)14-5-7-17-8-6-14/h2-9,12,16,18-20H,10-11H2,1H3. The van der Waals surface area contributed by atoms with Crippen molar-refractivity contribution < 1.29 is 10.2 Å². The molecule has 4 heteroatoms. The lowest BCUT2D eigenvalue weighted by atomic mass is 10.0. The maximum Gasteiger partial charge on any atom is 0.0915 e. The Morgan fingerprint density at radius 2 is 1.90 bits per heavy atom. The highest BCUT2D eigenvalue weighted by Crippen LogP contribution is 2.16. The average Bonchev–Trinajstić information content (AvgIpc) is 2.53. The minimum atomic E-state index is -0.554. The summed E-state index contributed by atoms with van der Waals surface area (Å²) in [6, 6.07) is 11.5. The molecule has 2 atom stereocenters. The van der Waals surface area contributed by atoms with E-state index in [2.05, 4.69) is 10.3 Å². The predicted molar refractivity (Wildman–Crippen MR) is 78.0 cm³/mol. The van der Waals surface area contributed by atoms with E-state index in [0.29, 0.717) is 6.54 Å². The van der Waals surface area contributed by atoms with Gasteiger partial charge in [-0.1, -0.05) is 24.3 Å². The third-order valence-corrected chi connectivity index (χ3v) is 3.34. The Bertz CT molecular complexity index is 531. The molecule has 2 unspecified atom stereocenters. The summed E-state index contributed by atoms with van der Waals surface area (Å²) in [7, 11) is 0. The first-order chi connectivity index (χ1) is 9.70. The van der Waals surface area contributed by atoms with Crippen molar-refractivity contribution in [2.24, 2.45) is 0 Å². The number of aliphatic hydroxyl groups is 2. The van der Waals surface area contributed by atoms with Crippen LogP contribution in [0, 0.1) is 0 Å². The Morgan fingerprint density at radius 3 is 2.60 bits per heavy atom. The van der Waals surface area contributed by atoms with Gasteiger partial charge in [0.05, 0.1) is 12.7 Å². The van der Waals surface area contributed by atoms with Crippen LogP contribution in [0.3, 0.4) is 0 Å². The first-order valence-electron chi connectivity index (χ1n) is 6.71. The zero-order valence-electron chi connectivity index (χ0n) is 11.5. The maximum atomic E-state index is 10.1. The topological polar surface area (TPSA) is 65.4 Å². The zero-order chi connectivity index (χ0) is 14.4. The van der Waals surface area contributed by atoms with Crippen molar-refractivity contribution in [3.05, 3.63) is 65.5 Å². The Morgan fingerprint density at radius 1 is 1.15 bits per heavy atom. The summed E-state index contributed by atoms with van der Waals surface area (Å²) >= 11 is 0. The van der Waals surface area contributed by atoms with Gasteiger partial charge in [-0.05, 0) is 35.7 Å². The van der Waals surface area contributed by atoms with E-state index >= 15 is 0 Å². The smallest absolute Gasteiger partial charge is 0.0915 e. The molecule has 0 aliphatic heterocycles. The van der Waals surface area contributed by atoms with Crippen LogP contribution in [0.15, 0.2) is 48.8 Å². The van der Waals surface area contributed by atoms with E-state index in [4.69, 9.17) is 5.11 Å². The zero-order valence-corrected chi connectivity index (χ0v) is 11.5. The number of nitrogens with one attached hydrogen (secondary N) is 1. The Labute approximate surface area is 119 Å². The third kappa shape index (κ3) is 3.87. The minimum Gasteiger partial charge on any atom is -0.392 e. The van der Waals surface area contributed by atoms with E-state index in [-0.39, 0.29) is 12.6 Å². The summed E-state index contributed by atoms with van der Waals surface area (Å²) in [5.41, 5.74) is 2.84. The Balaban J connectivity index is 1.93. The van der Waals surface area contributed by atoms with Gasteiger partial charge in [-0.15, -0.1) is 0 Å². The fourth-order valence-electron chi connectivity index (χ4n) is 2.07. The first-order valence-corrected chi connectivity index (χ1v) is 6.71. The number of pyridine rings is 1. The molecule has 1 aromatic heterocycles. The van der Waals surface area contributed by atoms with Gasteiger partial charge in [-0.25, -0.2) is 0 Å². The van der Waals surface area contributed by atoms with Crippen molar-refractivity contribution in [3.8, 4) is 0 Å². The summed E-state index contributed by atoms with van der Waals surface area (Å²) in [6.45, 7) is 2.55. The van der Waals surface area contributed by atoms with E-state index < -0.39 is 6.10 Å². The molecule has 0 amide bonds. The van der Waals surface area contributed by atoms with Crippen LogP contribution in [-0.2, 0) is 6.61 Å². The van der Waals surface area contributed by atoms with Crippen molar-refractivity contribution >= 4 is 0 Å². The summed E-state index contributed by atoms with van der Waals surface area (Å²) in [5.74, 6) is 0. The van der Waals surface area contributed by atoms with Crippen LogP contribution in [0.4, 0.5) is 0 Å². The van der Waals surface area contributed by atoms with Crippen molar-refractivity contribution in [2.45, 2.75) is 25.7 Å². The lowest BCUT2D eigenvalue weighted by Crippen LogP contribution is -2.24. The molecule has 3 N–H and O–H groups in total. The molecule has 0 aliphatic rings. The van der Waals surface area contributed by atoms with Gasteiger partial charge >= 0.3 is 0 Å². The maximum absolute atomic E-state index is 10.1. The van der Waals surface area contributed by atoms with E-state index in [1.54, 1.807) is 12.4 Å². The van der Waals surface area contributed by atoms with Crippen LogP contribution >= 0.6 is 0 Å². The molecule has 20 heavy (non-hydrogen) atoms. The molecular weight excluding hydrogens is 252 g/mol. The predicted octanol–water partition coefficient (Wildman–Crippen LogP) is 1.96. The number of nitrogens with zero attached hydrogens (tertiary/aromatic N) is 1. The quantitative estimate of drug-likeness (QED) is 0.752. The molecule has 0 spiro atoms. The number of rotatable bonds is 6. The van der Waals surface area contributed by atoms with Crippen molar-refractivity contribution in [1.29, 1.82) is 0 Å². The van der Waals surface area contributed by atoms with Gasteiger partial charge in [0, 0.05) is 25.0 Å². The number of aromatic nitrogens is 1. The second-order valence-electron chi connectivity index (χ2n) is 4.83. The van der Waals surface area contributed by atoms with Crippen LogP contribution in [0.5, 0.6) is 0 Å². The van der Waals surface area contributed by atoms with Crippen LogP contribution in [0.25, 0.3) is 0 Å². The second kappa shape index (κ2) is 7.14. The van der Waals surface area contributed by atoms with Gasteiger partial charge in [0.1, 0.15) is 0 Å². The van der Waals surface area contributed by atoms with Crippen LogP contribution in [0.2, 0.25) is 0 Å². The molecule has 0 radical (unpaired) electrons. The van der Waals surface area contributed by atoms with E-state index in [1.165, 1.54) is 0 Å². The molecule has 2 aromatic rings. The fraction of sp³-hybridized carbons (Fsp3) is 0.312. The summed E-state index contributed by atoms with van der Waals surface area (Å²) < 4.78 is 0. The fourth-order valence-corrected chi connectivity index (χ4v) is 2.07. The van der Waals surface area contributed by atoms with Crippen molar-refractivity contribution in [2.75, 3.05) is 6.54 Å². The van der Waals surface area contributed by atoms with Crippen LogP contribution in [0.1, 0.15) is 35.8 Å². The SMILES string of the molecule is CC(NCC(O)c1ccncc1)c1cccc(CO)c1. The van der Waals surface area contributed by atoms with Gasteiger partial charge in [0.25, 0.3) is 0 Å². The lowest BCUT2D eigenvalue weighted by molar-refractivity contribution is 0.170. The van der Waals surface area contributed by atoms with Gasteiger partial charge in [0.15, 0.2) is 0 Å². The van der Waals surface area contributed by atoms with Gasteiger partial charge in [-0.2, -0.15) is 0 Å². The minimum absolute atomic E-state index is 0.0419. The molecule has 0 saturated carbocycles. The third-order valence-electron chi connectivity index (χ3n) is 3.34. The first kappa shape index (κ1) is 14.7. The molecule has 0 fully saturated rings. The molecule has 1 aromatic carbocycles. The largest absolute Gasteiger partial charge is 0.392 e. The molecule has 0 saturated heterocycles.